The van der Waals surface area contributed by atoms with Gasteiger partial charge in [-0.05, 0) is 113 Å². The Hall–Kier alpha value is -0.420. The fraction of sp³-hybridized carbons (Fsp3) is 0.926. The van der Waals surface area contributed by atoms with Gasteiger partial charge in [0.05, 0.1) is 11.7 Å². The Bertz CT molecular complexity index is 678. The van der Waals surface area contributed by atoms with Gasteiger partial charge in [-0.1, -0.05) is 19.4 Å². The molecule has 178 valence electrons. The molecule has 4 rings (SSSR count). The van der Waals surface area contributed by atoms with Crippen molar-refractivity contribution in [3.63, 3.8) is 0 Å². The minimum Gasteiger partial charge on any atom is -0.396 e. The van der Waals surface area contributed by atoms with E-state index >= 15 is 0 Å². The quantitative estimate of drug-likeness (QED) is 0.466. The van der Waals surface area contributed by atoms with Gasteiger partial charge in [0.2, 0.25) is 0 Å². The van der Waals surface area contributed by atoms with E-state index < -0.39 is 17.8 Å². The second kappa shape index (κ2) is 8.42. The van der Waals surface area contributed by atoms with Gasteiger partial charge in [-0.3, -0.25) is 0 Å². The molecule has 0 bridgehead atoms. The molecule has 4 aliphatic rings. The highest BCUT2D eigenvalue weighted by molar-refractivity contribution is 5.17. The summed E-state index contributed by atoms with van der Waals surface area (Å²) >= 11 is 0. The number of aliphatic hydroxyl groups is 4. The van der Waals surface area contributed by atoms with Crippen LogP contribution in [0.5, 0.6) is 0 Å². The molecular formula is C27H46O4. The van der Waals surface area contributed by atoms with Crippen molar-refractivity contribution in [2.45, 2.75) is 109 Å². The zero-order valence-electron chi connectivity index (χ0n) is 20.0. The van der Waals surface area contributed by atoms with E-state index in [0.29, 0.717) is 49.0 Å². The predicted molar refractivity (Wildman–Crippen MR) is 123 cm³/mol. The summed E-state index contributed by atoms with van der Waals surface area (Å²) in [6, 6.07) is 0. The zero-order chi connectivity index (χ0) is 22.6. The minimum atomic E-state index is -1.16. The first kappa shape index (κ1) is 23.7. The third-order valence-corrected chi connectivity index (χ3v) is 11.0. The summed E-state index contributed by atoms with van der Waals surface area (Å²) in [4.78, 5) is 0. The normalized spacial score (nSPS) is 50.3. The van der Waals surface area contributed by atoms with E-state index in [1.54, 1.807) is 0 Å². The summed E-state index contributed by atoms with van der Waals surface area (Å²) in [5.41, 5.74) is 0.0335. The Labute approximate surface area is 189 Å². The molecule has 4 fully saturated rings. The van der Waals surface area contributed by atoms with Gasteiger partial charge < -0.3 is 20.4 Å². The van der Waals surface area contributed by atoms with Crippen molar-refractivity contribution >= 4 is 0 Å². The average molecular weight is 435 g/mol. The first-order chi connectivity index (χ1) is 14.6. The molecule has 31 heavy (non-hydrogen) atoms. The van der Waals surface area contributed by atoms with Crippen LogP contribution in [0.1, 0.15) is 91.4 Å². The topological polar surface area (TPSA) is 80.9 Å². The van der Waals surface area contributed by atoms with Crippen LogP contribution in [0, 0.1) is 40.4 Å². The van der Waals surface area contributed by atoms with E-state index in [-0.39, 0.29) is 10.8 Å². The maximum atomic E-state index is 11.6. The maximum absolute atomic E-state index is 11.6. The summed E-state index contributed by atoms with van der Waals surface area (Å²) in [6.07, 6.45) is 9.08. The third kappa shape index (κ3) is 3.55. The van der Waals surface area contributed by atoms with Gasteiger partial charge in [-0.15, -0.1) is 6.58 Å². The van der Waals surface area contributed by atoms with Gasteiger partial charge in [0, 0.05) is 12.0 Å². The molecule has 4 aliphatic carbocycles. The van der Waals surface area contributed by atoms with Crippen LogP contribution in [0.25, 0.3) is 0 Å². The molecule has 4 saturated carbocycles. The summed E-state index contributed by atoms with van der Waals surface area (Å²) in [5.74, 6) is 2.62. The van der Waals surface area contributed by atoms with E-state index in [4.69, 9.17) is 0 Å². The van der Waals surface area contributed by atoms with Crippen molar-refractivity contribution in [2.75, 3.05) is 6.61 Å². The highest BCUT2D eigenvalue weighted by atomic mass is 16.4. The minimum absolute atomic E-state index is 0.274. The van der Waals surface area contributed by atoms with Crippen LogP contribution in [0.4, 0.5) is 0 Å². The Morgan fingerprint density at radius 1 is 1.00 bits per heavy atom. The number of rotatable bonds is 6. The van der Waals surface area contributed by atoms with Crippen LogP contribution in [0.15, 0.2) is 12.2 Å². The number of fused-ring (bicyclic) bond motifs is 5. The molecule has 0 aliphatic heterocycles. The van der Waals surface area contributed by atoms with E-state index in [2.05, 4.69) is 27.4 Å². The van der Waals surface area contributed by atoms with Gasteiger partial charge in [0.25, 0.3) is 0 Å². The van der Waals surface area contributed by atoms with Crippen molar-refractivity contribution in [3.8, 4) is 0 Å². The van der Waals surface area contributed by atoms with Crippen LogP contribution >= 0.6 is 0 Å². The number of aliphatic hydroxyl groups excluding tert-OH is 3. The molecule has 4 heteroatoms. The van der Waals surface area contributed by atoms with Gasteiger partial charge in [-0.25, -0.2) is 0 Å². The van der Waals surface area contributed by atoms with Crippen LogP contribution in [-0.4, -0.2) is 44.8 Å². The van der Waals surface area contributed by atoms with Crippen molar-refractivity contribution < 1.29 is 20.4 Å². The molecule has 10 unspecified atom stereocenters. The lowest BCUT2D eigenvalue weighted by atomic mass is 9.42. The van der Waals surface area contributed by atoms with E-state index in [9.17, 15) is 20.4 Å². The molecule has 4 nitrogen and oxygen atoms in total. The van der Waals surface area contributed by atoms with Crippen LogP contribution in [-0.2, 0) is 0 Å². The average Bonchev–Trinajstić information content (AvgIpc) is 3.07. The first-order valence-corrected chi connectivity index (χ1v) is 12.9. The summed E-state index contributed by atoms with van der Waals surface area (Å²) < 4.78 is 0. The maximum Gasteiger partial charge on any atom is 0.109 e. The molecule has 10 atom stereocenters. The van der Waals surface area contributed by atoms with Crippen molar-refractivity contribution in [3.05, 3.63) is 12.2 Å². The van der Waals surface area contributed by atoms with Crippen molar-refractivity contribution in [1.82, 2.24) is 0 Å². The molecule has 0 saturated heterocycles. The smallest absolute Gasteiger partial charge is 0.109 e. The SMILES string of the molecule is C=C(C)CCCC(CO)C1CCC2C3CCC4(O)C(O)C(O)CCC4(C)C3CCC12C. The predicted octanol–water partition coefficient (Wildman–Crippen LogP) is 4.45. The molecule has 0 spiro atoms. The first-order valence-electron chi connectivity index (χ1n) is 12.9. The van der Waals surface area contributed by atoms with Gasteiger partial charge >= 0.3 is 0 Å². The van der Waals surface area contributed by atoms with Gasteiger partial charge in [0.1, 0.15) is 6.10 Å². The van der Waals surface area contributed by atoms with Crippen LogP contribution in [0.3, 0.4) is 0 Å². The lowest BCUT2D eigenvalue weighted by Crippen LogP contribution is -2.69. The van der Waals surface area contributed by atoms with E-state index in [1.165, 1.54) is 18.4 Å². The molecule has 0 aromatic carbocycles. The Morgan fingerprint density at radius 3 is 2.42 bits per heavy atom. The lowest BCUT2D eigenvalue weighted by molar-refractivity contribution is -0.268. The molecule has 0 amide bonds. The molecule has 0 heterocycles. The van der Waals surface area contributed by atoms with Gasteiger partial charge in [0.15, 0.2) is 0 Å². The summed E-state index contributed by atoms with van der Waals surface area (Å²) in [5, 5.41) is 42.9. The summed E-state index contributed by atoms with van der Waals surface area (Å²) in [6.45, 7) is 11.1. The molecule has 0 radical (unpaired) electrons. The van der Waals surface area contributed by atoms with Crippen molar-refractivity contribution in [1.29, 1.82) is 0 Å². The highest BCUT2D eigenvalue weighted by Gasteiger charge is 2.67. The number of hydrogen-bond donors (Lipinski definition) is 4. The molecule has 0 aromatic rings. The standard InChI is InChI=1S/C27H46O4/c1-17(2)6-5-7-18(16-28)20-8-9-21-19-10-15-27(31)24(30)23(29)12-14-26(27,4)22(19)11-13-25(20,21)3/h18-24,28-31H,1,5-16H2,2-4H3. The Balaban J connectivity index is 1.53. The second-order valence-corrected chi connectivity index (χ2v) is 12.3. The largest absolute Gasteiger partial charge is 0.396 e. The van der Waals surface area contributed by atoms with Gasteiger partial charge in [-0.2, -0.15) is 0 Å². The van der Waals surface area contributed by atoms with Crippen LogP contribution < -0.4 is 0 Å². The Morgan fingerprint density at radius 2 is 1.74 bits per heavy atom. The highest BCUT2D eigenvalue weighted by Crippen LogP contribution is 2.69. The molecule has 0 aromatic heterocycles. The van der Waals surface area contributed by atoms with Crippen LogP contribution in [0.2, 0.25) is 0 Å². The lowest BCUT2D eigenvalue weighted by Gasteiger charge is -2.65. The third-order valence-electron chi connectivity index (χ3n) is 11.0. The van der Waals surface area contributed by atoms with E-state index in [0.717, 1.165) is 44.9 Å². The fourth-order valence-electron chi connectivity index (χ4n) is 9.19. The fourth-order valence-corrected chi connectivity index (χ4v) is 9.19. The number of hydrogen-bond acceptors (Lipinski definition) is 4. The molecular weight excluding hydrogens is 388 g/mol. The summed E-state index contributed by atoms with van der Waals surface area (Å²) in [7, 11) is 0. The van der Waals surface area contributed by atoms with Crippen molar-refractivity contribution in [2.24, 2.45) is 40.4 Å². The van der Waals surface area contributed by atoms with E-state index in [1.807, 2.05) is 0 Å². The molecule has 4 N–H and O–H groups in total. The second-order valence-electron chi connectivity index (χ2n) is 12.3. The Kier molecular flexibility index (Phi) is 6.44. The number of allylic oxidation sites excluding steroid dienone is 1. The zero-order valence-corrected chi connectivity index (χ0v) is 20.0. The monoisotopic (exact) mass is 434 g/mol.